The molecule has 0 saturated carbocycles. The second-order valence-electron chi connectivity index (χ2n) is 8.15. The summed E-state index contributed by atoms with van der Waals surface area (Å²) in [4.78, 5) is 25.8. The summed E-state index contributed by atoms with van der Waals surface area (Å²) in [6.45, 7) is 4.88. The smallest absolute Gasteiger partial charge is 0.254 e. The normalized spacial score (nSPS) is 10.9. The van der Waals surface area contributed by atoms with Crippen LogP contribution in [-0.4, -0.2) is 28.7 Å². The standard InChI is InChI=1S/C27H26FN3O2S/c1-18-13-19(2)15-20(14-18)30-26(32)17-34-25-16-31(24-10-6-4-8-22(24)25)12-11-29-27(33)21-7-3-5-9-23(21)28/h3-10,13-16H,11-12,17H2,1-2H3,(H,29,33)(H,30,32). The number of aromatic nitrogens is 1. The van der Waals surface area contributed by atoms with E-state index in [2.05, 4.69) is 16.7 Å². The number of thioether (sulfide) groups is 1. The molecular formula is C27H26FN3O2S. The van der Waals surface area contributed by atoms with Crippen LogP contribution in [0.3, 0.4) is 0 Å². The number of amides is 2. The van der Waals surface area contributed by atoms with Crippen LogP contribution < -0.4 is 10.6 Å². The molecular weight excluding hydrogens is 449 g/mol. The Kier molecular flexibility index (Phi) is 7.33. The van der Waals surface area contributed by atoms with Crippen LogP contribution in [0.5, 0.6) is 0 Å². The van der Waals surface area contributed by atoms with Gasteiger partial charge in [-0.25, -0.2) is 4.39 Å². The Morgan fingerprint density at radius 1 is 0.971 bits per heavy atom. The molecule has 0 aliphatic heterocycles. The van der Waals surface area contributed by atoms with E-state index in [1.807, 2.05) is 61.0 Å². The molecule has 4 aromatic rings. The number of hydrogen-bond donors (Lipinski definition) is 2. The quantitative estimate of drug-likeness (QED) is 0.328. The minimum Gasteiger partial charge on any atom is -0.350 e. The summed E-state index contributed by atoms with van der Waals surface area (Å²) in [6, 6.07) is 19.9. The fourth-order valence-electron chi connectivity index (χ4n) is 3.93. The first-order valence-corrected chi connectivity index (χ1v) is 12.0. The van der Waals surface area contributed by atoms with E-state index in [4.69, 9.17) is 0 Å². The molecule has 0 atom stereocenters. The van der Waals surface area contributed by atoms with Gasteiger partial charge in [0, 0.05) is 40.8 Å². The van der Waals surface area contributed by atoms with Gasteiger partial charge in [0.1, 0.15) is 5.82 Å². The zero-order chi connectivity index (χ0) is 24.1. The molecule has 0 radical (unpaired) electrons. The van der Waals surface area contributed by atoms with Crippen LogP contribution in [0.1, 0.15) is 21.5 Å². The van der Waals surface area contributed by atoms with Gasteiger partial charge in [-0.1, -0.05) is 36.4 Å². The Bertz CT molecular complexity index is 1330. The predicted molar refractivity (Wildman–Crippen MR) is 136 cm³/mol. The lowest BCUT2D eigenvalue weighted by atomic mass is 10.1. The molecule has 0 fully saturated rings. The summed E-state index contributed by atoms with van der Waals surface area (Å²) in [5.41, 5.74) is 4.06. The zero-order valence-electron chi connectivity index (χ0n) is 19.1. The number of hydrogen-bond acceptors (Lipinski definition) is 3. The molecule has 2 amide bonds. The lowest BCUT2D eigenvalue weighted by Crippen LogP contribution is -2.27. The third kappa shape index (κ3) is 5.66. The Balaban J connectivity index is 1.40. The first-order valence-electron chi connectivity index (χ1n) is 11.0. The average Bonchev–Trinajstić information content (AvgIpc) is 3.15. The van der Waals surface area contributed by atoms with Gasteiger partial charge in [-0.15, -0.1) is 11.8 Å². The number of nitrogens with zero attached hydrogens (tertiary/aromatic N) is 1. The first kappa shape index (κ1) is 23.6. The molecule has 0 unspecified atom stereocenters. The molecule has 1 aromatic heterocycles. The Morgan fingerprint density at radius 2 is 1.68 bits per heavy atom. The molecule has 5 nitrogen and oxygen atoms in total. The number of carbonyl (C=O) groups is 2. The maximum atomic E-state index is 13.8. The van der Waals surface area contributed by atoms with Gasteiger partial charge in [-0.05, 0) is 55.3 Å². The highest BCUT2D eigenvalue weighted by atomic mass is 32.2. The summed E-state index contributed by atoms with van der Waals surface area (Å²) < 4.78 is 15.9. The van der Waals surface area contributed by atoms with Crippen molar-refractivity contribution in [3.05, 3.63) is 95.4 Å². The summed E-state index contributed by atoms with van der Waals surface area (Å²) in [5.74, 6) is -0.759. The fraction of sp³-hybridized carbons (Fsp3) is 0.185. The van der Waals surface area contributed by atoms with Crippen molar-refractivity contribution in [2.45, 2.75) is 25.3 Å². The molecule has 34 heavy (non-hydrogen) atoms. The van der Waals surface area contributed by atoms with Crippen molar-refractivity contribution in [2.24, 2.45) is 0 Å². The number of carbonyl (C=O) groups excluding carboxylic acids is 2. The van der Waals surface area contributed by atoms with Gasteiger partial charge >= 0.3 is 0 Å². The second kappa shape index (κ2) is 10.6. The lowest BCUT2D eigenvalue weighted by molar-refractivity contribution is -0.113. The maximum absolute atomic E-state index is 13.8. The third-order valence-corrected chi connectivity index (χ3v) is 6.42. The Labute approximate surface area is 202 Å². The van der Waals surface area contributed by atoms with Gasteiger partial charge in [-0.2, -0.15) is 0 Å². The minimum absolute atomic E-state index is 0.0333. The molecule has 0 spiro atoms. The highest BCUT2D eigenvalue weighted by Crippen LogP contribution is 2.30. The van der Waals surface area contributed by atoms with E-state index in [-0.39, 0.29) is 17.2 Å². The molecule has 3 aromatic carbocycles. The number of anilines is 1. The van der Waals surface area contributed by atoms with Crippen LogP contribution >= 0.6 is 11.8 Å². The van der Waals surface area contributed by atoms with Crippen LogP contribution in [0.4, 0.5) is 10.1 Å². The highest BCUT2D eigenvalue weighted by Gasteiger charge is 2.13. The van der Waals surface area contributed by atoms with Crippen molar-refractivity contribution in [1.29, 1.82) is 0 Å². The second-order valence-corrected chi connectivity index (χ2v) is 9.17. The predicted octanol–water partition coefficient (Wildman–Crippen LogP) is 5.56. The molecule has 0 aliphatic rings. The van der Waals surface area contributed by atoms with Crippen molar-refractivity contribution in [2.75, 3.05) is 17.6 Å². The van der Waals surface area contributed by atoms with Crippen LogP contribution in [0.15, 0.2) is 77.8 Å². The topological polar surface area (TPSA) is 63.1 Å². The van der Waals surface area contributed by atoms with Crippen molar-refractivity contribution in [1.82, 2.24) is 9.88 Å². The third-order valence-electron chi connectivity index (χ3n) is 5.37. The van der Waals surface area contributed by atoms with Gasteiger partial charge in [0.25, 0.3) is 5.91 Å². The number of halogens is 1. The molecule has 174 valence electrons. The SMILES string of the molecule is Cc1cc(C)cc(NC(=O)CSc2cn(CCNC(=O)c3ccccc3F)c3ccccc23)c1. The lowest BCUT2D eigenvalue weighted by Gasteiger charge is -2.08. The number of rotatable bonds is 8. The number of fused-ring (bicyclic) bond motifs is 1. The fourth-order valence-corrected chi connectivity index (χ4v) is 4.82. The minimum atomic E-state index is -0.538. The summed E-state index contributed by atoms with van der Waals surface area (Å²) >= 11 is 1.48. The van der Waals surface area contributed by atoms with Crippen molar-refractivity contribution < 1.29 is 14.0 Å². The van der Waals surface area contributed by atoms with Crippen molar-refractivity contribution >= 4 is 40.2 Å². The first-order chi connectivity index (χ1) is 16.4. The van der Waals surface area contributed by atoms with Crippen LogP contribution in [-0.2, 0) is 11.3 Å². The van der Waals surface area contributed by atoms with Crippen LogP contribution in [0, 0.1) is 19.7 Å². The van der Waals surface area contributed by atoms with Crippen molar-refractivity contribution in [3.8, 4) is 0 Å². The zero-order valence-corrected chi connectivity index (χ0v) is 19.9. The number of benzene rings is 3. The van der Waals surface area contributed by atoms with Gasteiger partial charge in [0.15, 0.2) is 0 Å². The van der Waals surface area contributed by atoms with Gasteiger partial charge in [-0.3, -0.25) is 9.59 Å². The molecule has 0 bridgehead atoms. The van der Waals surface area contributed by atoms with Gasteiger partial charge < -0.3 is 15.2 Å². The monoisotopic (exact) mass is 475 g/mol. The number of nitrogens with one attached hydrogen (secondary N) is 2. The van der Waals surface area contributed by atoms with E-state index in [1.54, 1.807) is 12.1 Å². The van der Waals surface area contributed by atoms with E-state index in [0.717, 1.165) is 32.6 Å². The molecule has 7 heteroatoms. The number of para-hydroxylation sites is 1. The highest BCUT2D eigenvalue weighted by molar-refractivity contribution is 8.00. The van der Waals surface area contributed by atoms with Gasteiger partial charge in [0.2, 0.25) is 5.91 Å². The van der Waals surface area contributed by atoms with E-state index < -0.39 is 11.7 Å². The largest absolute Gasteiger partial charge is 0.350 e. The van der Waals surface area contributed by atoms with Crippen LogP contribution in [0.2, 0.25) is 0 Å². The molecule has 4 rings (SSSR count). The van der Waals surface area contributed by atoms with E-state index in [9.17, 15) is 14.0 Å². The molecule has 0 aliphatic carbocycles. The van der Waals surface area contributed by atoms with E-state index in [0.29, 0.717) is 13.1 Å². The average molecular weight is 476 g/mol. The summed E-state index contributed by atoms with van der Waals surface area (Å²) in [6.07, 6.45) is 1.99. The summed E-state index contributed by atoms with van der Waals surface area (Å²) in [5, 5.41) is 6.80. The van der Waals surface area contributed by atoms with E-state index in [1.165, 1.54) is 23.9 Å². The summed E-state index contributed by atoms with van der Waals surface area (Å²) in [7, 11) is 0. The Morgan fingerprint density at radius 3 is 2.44 bits per heavy atom. The van der Waals surface area contributed by atoms with E-state index >= 15 is 0 Å². The maximum Gasteiger partial charge on any atom is 0.254 e. The van der Waals surface area contributed by atoms with Crippen molar-refractivity contribution in [3.63, 3.8) is 0 Å². The number of aryl methyl sites for hydroxylation is 2. The molecule has 2 N–H and O–H groups in total. The van der Waals surface area contributed by atoms with Gasteiger partial charge in [0.05, 0.1) is 11.3 Å². The Hall–Kier alpha value is -3.58. The van der Waals surface area contributed by atoms with Crippen LogP contribution in [0.25, 0.3) is 10.9 Å². The molecule has 0 saturated heterocycles. The molecule has 1 heterocycles.